The number of ether oxygens (including phenoxy) is 2. The van der Waals surface area contributed by atoms with Gasteiger partial charge in [0.05, 0.1) is 30.5 Å². The first-order valence-corrected chi connectivity index (χ1v) is 9.39. The van der Waals surface area contributed by atoms with Crippen LogP contribution in [0.1, 0.15) is 11.3 Å². The third kappa shape index (κ3) is 4.10. The van der Waals surface area contributed by atoms with E-state index in [1.807, 2.05) is 0 Å². The molecule has 2 aliphatic heterocycles. The number of benzene rings is 1. The third-order valence-electron chi connectivity index (χ3n) is 4.54. The fourth-order valence-corrected chi connectivity index (χ4v) is 3.52. The molecule has 142 valence electrons. The van der Waals surface area contributed by atoms with E-state index in [9.17, 15) is 4.79 Å². The lowest BCUT2D eigenvalue weighted by Gasteiger charge is -2.26. The lowest BCUT2D eigenvalue weighted by atomic mass is 10.3. The molecule has 1 amide bonds. The van der Waals surface area contributed by atoms with Gasteiger partial charge in [-0.2, -0.15) is 0 Å². The maximum absolute atomic E-state index is 12.5. The van der Waals surface area contributed by atoms with Crippen LogP contribution in [0.3, 0.4) is 0 Å². The van der Waals surface area contributed by atoms with Crippen molar-refractivity contribution >= 4 is 35.1 Å². The summed E-state index contributed by atoms with van der Waals surface area (Å²) in [6, 6.07) is 4.90. The third-order valence-corrected chi connectivity index (χ3v) is 5.07. The highest BCUT2D eigenvalue weighted by molar-refractivity contribution is 6.35. The topological polar surface area (TPSA) is 67.8 Å². The summed E-state index contributed by atoms with van der Waals surface area (Å²) in [6.45, 7) is 3.74. The van der Waals surface area contributed by atoms with Gasteiger partial charge in [-0.25, -0.2) is 9.97 Å². The van der Waals surface area contributed by atoms with Crippen molar-refractivity contribution in [3.8, 4) is 5.75 Å². The molecule has 0 radical (unpaired) electrons. The van der Waals surface area contributed by atoms with Crippen LogP contribution >= 0.6 is 23.2 Å². The molecule has 2 aliphatic rings. The Kier molecular flexibility index (Phi) is 5.33. The molecular formula is C18H18Cl2N4O3. The highest BCUT2D eigenvalue weighted by Gasteiger charge is 2.27. The molecule has 0 spiro atoms. The van der Waals surface area contributed by atoms with Gasteiger partial charge in [-0.15, -0.1) is 0 Å². The Labute approximate surface area is 166 Å². The molecule has 0 atom stereocenters. The second-order valence-corrected chi connectivity index (χ2v) is 7.20. The summed E-state index contributed by atoms with van der Waals surface area (Å²) < 4.78 is 10.9. The van der Waals surface area contributed by atoms with Gasteiger partial charge in [0.1, 0.15) is 5.75 Å². The van der Waals surface area contributed by atoms with Crippen molar-refractivity contribution < 1.29 is 14.3 Å². The van der Waals surface area contributed by atoms with Gasteiger partial charge < -0.3 is 19.3 Å². The fraction of sp³-hybridized carbons (Fsp3) is 0.389. The van der Waals surface area contributed by atoms with Crippen molar-refractivity contribution in [2.24, 2.45) is 0 Å². The molecule has 1 fully saturated rings. The molecule has 0 saturated carbocycles. The van der Waals surface area contributed by atoms with E-state index in [-0.39, 0.29) is 12.5 Å². The van der Waals surface area contributed by atoms with Gasteiger partial charge in [-0.1, -0.05) is 23.2 Å². The van der Waals surface area contributed by atoms with E-state index < -0.39 is 0 Å². The van der Waals surface area contributed by atoms with E-state index in [1.165, 1.54) is 0 Å². The average Bonchev–Trinajstić information content (AvgIpc) is 3.11. The number of hydrogen-bond donors (Lipinski definition) is 0. The summed E-state index contributed by atoms with van der Waals surface area (Å²) >= 11 is 11.9. The summed E-state index contributed by atoms with van der Waals surface area (Å²) in [7, 11) is 0. The van der Waals surface area contributed by atoms with Crippen molar-refractivity contribution in [1.29, 1.82) is 0 Å². The van der Waals surface area contributed by atoms with Crippen molar-refractivity contribution in [2.75, 3.05) is 37.8 Å². The van der Waals surface area contributed by atoms with Gasteiger partial charge in [0.15, 0.2) is 6.61 Å². The molecule has 3 heterocycles. The molecule has 4 rings (SSSR count). The van der Waals surface area contributed by atoms with Crippen molar-refractivity contribution in [3.63, 3.8) is 0 Å². The van der Waals surface area contributed by atoms with Gasteiger partial charge in [-0.3, -0.25) is 4.79 Å². The van der Waals surface area contributed by atoms with Crippen LogP contribution in [0.25, 0.3) is 0 Å². The Bertz CT molecular complexity index is 858. The van der Waals surface area contributed by atoms with E-state index >= 15 is 0 Å². The van der Waals surface area contributed by atoms with Crippen LogP contribution in [-0.4, -0.2) is 53.7 Å². The Morgan fingerprint density at radius 3 is 2.81 bits per heavy atom. The molecule has 2 aromatic rings. The van der Waals surface area contributed by atoms with E-state index in [1.54, 1.807) is 29.3 Å². The number of amides is 1. The number of morpholine rings is 1. The van der Waals surface area contributed by atoms with Gasteiger partial charge in [0.25, 0.3) is 5.91 Å². The zero-order valence-electron chi connectivity index (χ0n) is 14.5. The molecule has 1 aromatic carbocycles. The van der Waals surface area contributed by atoms with Gasteiger partial charge in [0, 0.05) is 36.4 Å². The zero-order valence-corrected chi connectivity index (χ0v) is 16.0. The summed E-state index contributed by atoms with van der Waals surface area (Å²) in [5.74, 6) is 0.989. The number of halogens is 2. The second kappa shape index (κ2) is 7.88. The number of carbonyl (C=O) groups is 1. The van der Waals surface area contributed by atoms with Gasteiger partial charge >= 0.3 is 0 Å². The molecular weight excluding hydrogens is 391 g/mol. The van der Waals surface area contributed by atoms with Crippen LogP contribution < -0.4 is 9.64 Å². The Morgan fingerprint density at radius 1 is 1.22 bits per heavy atom. The van der Waals surface area contributed by atoms with Crippen LogP contribution in [0.5, 0.6) is 5.75 Å². The van der Waals surface area contributed by atoms with Crippen LogP contribution in [0.4, 0.5) is 5.95 Å². The zero-order chi connectivity index (χ0) is 18.8. The Hall–Kier alpha value is -2.09. The van der Waals surface area contributed by atoms with Crippen LogP contribution in [0, 0.1) is 0 Å². The van der Waals surface area contributed by atoms with E-state index in [0.717, 1.165) is 24.3 Å². The number of nitrogens with zero attached hydrogens (tertiary/aromatic N) is 4. The quantitative estimate of drug-likeness (QED) is 0.774. The summed E-state index contributed by atoms with van der Waals surface area (Å²) in [5.41, 5.74) is 1.84. The van der Waals surface area contributed by atoms with Crippen LogP contribution in [0.15, 0.2) is 24.4 Å². The fourth-order valence-electron chi connectivity index (χ4n) is 3.06. The molecule has 9 heteroatoms. The summed E-state index contributed by atoms with van der Waals surface area (Å²) in [6.07, 6.45) is 1.80. The van der Waals surface area contributed by atoms with Crippen LogP contribution in [-0.2, 0) is 22.6 Å². The number of anilines is 1. The molecule has 0 unspecified atom stereocenters. The first-order chi connectivity index (χ1) is 13.1. The van der Waals surface area contributed by atoms with Gasteiger partial charge in [0.2, 0.25) is 5.95 Å². The normalized spacial score (nSPS) is 16.4. The Morgan fingerprint density at radius 2 is 2.04 bits per heavy atom. The first-order valence-electron chi connectivity index (χ1n) is 8.63. The smallest absolute Gasteiger partial charge is 0.261 e. The van der Waals surface area contributed by atoms with E-state index in [2.05, 4.69) is 14.9 Å². The first kappa shape index (κ1) is 18.3. The number of fused-ring (bicyclic) bond motifs is 1. The standard InChI is InChI=1S/C18H18Cl2N4O3/c19-13-1-2-16(14(20)7-13)27-11-17(25)24-9-12-8-21-18(22-15(12)10-24)23-3-5-26-6-4-23/h1-2,7-8H,3-6,9-11H2. The molecule has 1 saturated heterocycles. The predicted molar refractivity (Wildman–Crippen MR) is 101 cm³/mol. The average molecular weight is 409 g/mol. The van der Waals surface area contributed by atoms with Crippen LogP contribution in [0.2, 0.25) is 10.0 Å². The van der Waals surface area contributed by atoms with E-state index in [0.29, 0.717) is 48.0 Å². The maximum atomic E-state index is 12.5. The largest absolute Gasteiger partial charge is 0.482 e. The van der Waals surface area contributed by atoms with Gasteiger partial charge in [-0.05, 0) is 18.2 Å². The Balaban J connectivity index is 1.38. The minimum absolute atomic E-state index is 0.0981. The van der Waals surface area contributed by atoms with Crippen molar-refractivity contribution in [2.45, 2.75) is 13.1 Å². The molecule has 1 aromatic heterocycles. The predicted octanol–water partition coefficient (Wildman–Crippen LogP) is 2.54. The summed E-state index contributed by atoms with van der Waals surface area (Å²) in [4.78, 5) is 25.4. The lowest BCUT2D eigenvalue weighted by molar-refractivity contribution is -0.134. The molecule has 27 heavy (non-hydrogen) atoms. The highest BCUT2D eigenvalue weighted by Crippen LogP contribution is 2.28. The lowest BCUT2D eigenvalue weighted by Crippen LogP contribution is -2.37. The minimum atomic E-state index is -0.132. The summed E-state index contributed by atoms with van der Waals surface area (Å²) in [5, 5.41) is 0.893. The van der Waals surface area contributed by atoms with Crippen molar-refractivity contribution in [1.82, 2.24) is 14.9 Å². The molecule has 7 nitrogen and oxygen atoms in total. The highest BCUT2D eigenvalue weighted by atomic mass is 35.5. The number of carbonyl (C=O) groups excluding carboxylic acids is 1. The SMILES string of the molecule is O=C(COc1ccc(Cl)cc1Cl)N1Cc2cnc(N3CCOCC3)nc2C1. The molecule has 0 N–H and O–H groups in total. The number of rotatable bonds is 4. The minimum Gasteiger partial charge on any atom is -0.482 e. The second-order valence-electron chi connectivity index (χ2n) is 6.35. The molecule has 0 aliphatic carbocycles. The van der Waals surface area contributed by atoms with E-state index in [4.69, 9.17) is 32.7 Å². The number of hydrogen-bond acceptors (Lipinski definition) is 6. The monoisotopic (exact) mass is 408 g/mol. The molecule has 0 bridgehead atoms. The maximum Gasteiger partial charge on any atom is 0.261 e. The number of aromatic nitrogens is 2. The van der Waals surface area contributed by atoms with Crippen molar-refractivity contribution in [3.05, 3.63) is 45.7 Å².